The van der Waals surface area contributed by atoms with Crippen LogP contribution in [-0.4, -0.2) is 22.3 Å². The molecule has 4 heteroatoms. The first-order valence-electron chi connectivity index (χ1n) is 7.08. The molecule has 1 aromatic heterocycles. The first kappa shape index (κ1) is 15.1. The Kier molecular flexibility index (Phi) is 4.89. The molecule has 108 valence electrons. The highest BCUT2D eigenvalue weighted by atomic mass is 32.1. The number of hydrogen-bond donors (Lipinski definition) is 1. The van der Waals surface area contributed by atoms with Crippen molar-refractivity contribution in [3.8, 4) is 0 Å². The van der Waals surface area contributed by atoms with Gasteiger partial charge in [-0.05, 0) is 26.3 Å². The van der Waals surface area contributed by atoms with E-state index in [2.05, 4.69) is 67.5 Å². The molecule has 0 amide bonds. The van der Waals surface area contributed by atoms with Gasteiger partial charge < -0.3 is 5.32 Å². The normalized spacial score (nSPS) is 13.4. The Morgan fingerprint density at radius 3 is 2.50 bits per heavy atom. The number of nitrogens with one attached hydrogen (secondary N) is 1. The maximum absolute atomic E-state index is 4.35. The summed E-state index contributed by atoms with van der Waals surface area (Å²) in [6.07, 6.45) is 0.941. The molecule has 1 unspecified atom stereocenters. The quantitative estimate of drug-likeness (QED) is 0.913. The van der Waals surface area contributed by atoms with Gasteiger partial charge in [0, 0.05) is 24.4 Å². The van der Waals surface area contributed by atoms with E-state index in [9.17, 15) is 0 Å². The second kappa shape index (κ2) is 6.46. The summed E-state index contributed by atoms with van der Waals surface area (Å²) in [6, 6.07) is 10.5. The topological polar surface area (TPSA) is 37.8 Å². The zero-order chi connectivity index (χ0) is 14.6. The minimum Gasteiger partial charge on any atom is -0.312 e. The Balaban J connectivity index is 1.95. The third kappa shape index (κ3) is 4.39. The standard InChI is InChI=1S/C16H23N3S/c1-12(13-8-6-5-7-9-13)15-19-18-14(20-15)10-11-17-16(2,3)4/h5-9,12,17H,10-11H2,1-4H3. The number of aromatic nitrogens is 2. The minimum atomic E-state index is 0.158. The van der Waals surface area contributed by atoms with E-state index in [1.54, 1.807) is 11.3 Å². The third-order valence-corrected chi connectivity index (χ3v) is 4.31. The van der Waals surface area contributed by atoms with Crippen LogP contribution in [0, 0.1) is 0 Å². The molecule has 1 N–H and O–H groups in total. The fraction of sp³-hybridized carbons (Fsp3) is 0.500. The summed E-state index contributed by atoms with van der Waals surface area (Å²) in [5, 5.41) is 14.3. The summed E-state index contributed by atoms with van der Waals surface area (Å²) < 4.78 is 0. The summed E-state index contributed by atoms with van der Waals surface area (Å²) in [7, 11) is 0. The Bertz CT molecular complexity index is 528. The van der Waals surface area contributed by atoms with E-state index < -0.39 is 0 Å². The molecule has 2 rings (SSSR count). The first-order valence-corrected chi connectivity index (χ1v) is 7.89. The molecule has 3 nitrogen and oxygen atoms in total. The lowest BCUT2D eigenvalue weighted by Gasteiger charge is -2.19. The summed E-state index contributed by atoms with van der Waals surface area (Å²) in [5.41, 5.74) is 1.45. The third-order valence-electron chi connectivity index (χ3n) is 3.15. The number of benzene rings is 1. The predicted octanol–water partition coefficient (Wildman–Crippen LogP) is 3.62. The molecule has 1 heterocycles. The van der Waals surface area contributed by atoms with Gasteiger partial charge in [0.15, 0.2) is 0 Å². The highest BCUT2D eigenvalue weighted by molar-refractivity contribution is 7.11. The summed E-state index contributed by atoms with van der Waals surface area (Å²) >= 11 is 1.72. The molecule has 0 bridgehead atoms. The SMILES string of the molecule is CC(c1ccccc1)c1nnc(CCNC(C)(C)C)s1. The van der Waals surface area contributed by atoms with Crippen LogP contribution in [0.1, 0.15) is 49.2 Å². The largest absolute Gasteiger partial charge is 0.312 e. The van der Waals surface area contributed by atoms with E-state index in [-0.39, 0.29) is 5.54 Å². The minimum absolute atomic E-state index is 0.158. The Labute approximate surface area is 125 Å². The number of hydrogen-bond acceptors (Lipinski definition) is 4. The number of nitrogens with zero attached hydrogens (tertiary/aromatic N) is 2. The fourth-order valence-electron chi connectivity index (χ4n) is 1.97. The zero-order valence-electron chi connectivity index (χ0n) is 12.7. The highest BCUT2D eigenvalue weighted by Gasteiger charge is 2.14. The van der Waals surface area contributed by atoms with Crippen molar-refractivity contribution in [2.45, 2.75) is 45.6 Å². The van der Waals surface area contributed by atoms with Crippen LogP contribution in [0.3, 0.4) is 0 Å². The summed E-state index contributed by atoms with van der Waals surface area (Å²) in [4.78, 5) is 0. The second-order valence-electron chi connectivity index (χ2n) is 6.09. The van der Waals surface area contributed by atoms with E-state index in [0.717, 1.165) is 23.0 Å². The van der Waals surface area contributed by atoms with Gasteiger partial charge in [-0.25, -0.2) is 0 Å². The fourth-order valence-corrected chi connectivity index (χ4v) is 2.89. The van der Waals surface area contributed by atoms with Gasteiger partial charge in [0.1, 0.15) is 10.0 Å². The van der Waals surface area contributed by atoms with Gasteiger partial charge in [-0.2, -0.15) is 0 Å². The molecule has 0 aliphatic rings. The van der Waals surface area contributed by atoms with Crippen LogP contribution in [0.25, 0.3) is 0 Å². The maximum Gasteiger partial charge on any atom is 0.124 e. The maximum atomic E-state index is 4.35. The molecule has 0 saturated carbocycles. The van der Waals surface area contributed by atoms with Gasteiger partial charge >= 0.3 is 0 Å². The molecule has 0 radical (unpaired) electrons. The van der Waals surface area contributed by atoms with Crippen molar-refractivity contribution in [3.05, 3.63) is 45.9 Å². The zero-order valence-corrected chi connectivity index (χ0v) is 13.5. The highest BCUT2D eigenvalue weighted by Crippen LogP contribution is 2.26. The molecule has 1 aromatic carbocycles. The van der Waals surface area contributed by atoms with Crippen LogP contribution in [0.15, 0.2) is 30.3 Å². The van der Waals surface area contributed by atoms with Gasteiger partial charge in [-0.15, -0.1) is 21.5 Å². The summed E-state index contributed by atoms with van der Waals surface area (Å²) in [6.45, 7) is 9.66. The van der Waals surface area contributed by atoms with Crippen molar-refractivity contribution in [1.82, 2.24) is 15.5 Å². The Morgan fingerprint density at radius 2 is 1.85 bits per heavy atom. The molecule has 0 saturated heterocycles. The van der Waals surface area contributed by atoms with Gasteiger partial charge in [-0.3, -0.25) is 0 Å². The first-order chi connectivity index (χ1) is 9.46. The second-order valence-corrected chi connectivity index (χ2v) is 7.19. The van der Waals surface area contributed by atoms with Crippen molar-refractivity contribution in [2.24, 2.45) is 0 Å². The molecule has 0 fully saturated rings. The van der Waals surface area contributed by atoms with Gasteiger partial charge in [0.25, 0.3) is 0 Å². The van der Waals surface area contributed by atoms with E-state index in [0.29, 0.717) is 5.92 Å². The van der Waals surface area contributed by atoms with E-state index >= 15 is 0 Å². The Hall–Kier alpha value is -1.26. The van der Waals surface area contributed by atoms with Crippen LogP contribution < -0.4 is 5.32 Å². The van der Waals surface area contributed by atoms with Crippen LogP contribution in [0.4, 0.5) is 0 Å². The van der Waals surface area contributed by atoms with Crippen LogP contribution in [0.5, 0.6) is 0 Å². The molecule has 20 heavy (non-hydrogen) atoms. The van der Waals surface area contributed by atoms with Crippen molar-refractivity contribution in [3.63, 3.8) is 0 Å². The lowest BCUT2D eigenvalue weighted by Crippen LogP contribution is -2.37. The van der Waals surface area contributed by atoms with Gasteiger partial charge in [0.05, 0.1) is 0 Å². The van der Waals surface area contributed by atoms with Gasteiger partial charge in [0.2, 0.25) is 0 Å². The lowest BCUT2D eigenvalue weighted by atomic mass is 10.0. The summed E-state index contributed by atoms with van der Waals surface area (Å²) in [5.74, 6) is 0.318. The molecule has 0 aliphatic carbocycles. The molecule has 1 atom stereocenters. The average molecular weight is 289 g/mol. The Morgan fingerprint density at radius 1 is 1.15 bits per heavy atom. The van der Waals surface area contributed by atoms with Crippen molar-refractivity contribution in [1.29, 1.82) is 0 Å². The molecule has 0 spiro atoms. The van der Waals surface area contributed by atoms with Crippen LogP contribution in [-0.2, 0) is 6.42 Å². The van der Waals surface area contributed by atoms with Crippen LogP contribution >= 0.6 is 11.3 Å². The molecule has 0 aliphatic heterocycles. The number of rotatable bonds is 5. The van der Waals surface area contributed by atoms with E-state index in [4.69, 9.17) is 0 Å². The average Bonchev–Trinajstić information content (AvgIpc) is 2.86. The smallest absolute Gasteiger partial charge is 0.124 e. The van der Waals surface area contributed by atoms with Gasteiger partial charge in [-0.1, -0.05) is 37.3 Å². The monoisotopic (exact) mass is 289 g/mol. The molecular weight excluding hydrogens is 266 g/mol. The van der Waals surface area contributed by atoms with Crippen molar-refractivity contribution < 1.29 is 0 Å². The molecule has 2 aromatic rings. The van der Waals surface area contributed by atoms with Crippen molar-refractivity contribution >= 4 is 11.3 Å². The van der Waals surface area contributed by atoms with E-state index in [1.165, 1.54) is 5.56 Å². The van der Waals surface area contributed by atoms with E-state index in [1.807, 2.05) is 6.07 Å². The lowest BCUT2D eigenvalue weighted by molar-refractivity contribution is 0.429. The van der Waals surface area contributed by atoms with Crippen LogP contribution in [0.2, 0.25) is 0 Å². The predicted molar refractivity (Wildman–Crippen MR) is 85.3 cm³/mol. The van der Waals surface area contributed by atoms with Crippen molar-refractivity contribution in [2.75, 3.05) is 6.54 Å². The molecular formula is C16H23N3S.